The molecule has 0 spiro atoms. The van der Waals surface area contributed by atoms with Gasteiger partial charge in [-0.2, -0.15) is 0 Å². The number of aryl methyl sites for hydroxylation is 6. The molecule has 0 radical (unpaired) electrons. The summed E-state index contributed by atoms with van der Waals surface area (Å²) in [5, 5.41) is 0. The summed E-state index contributed by atoms with van der Waals surface area (Å²) in [5.41, 5.74) is 8.63. The maximum absolute atomic E-state index is 2.30. The summed E-state index contributed by atoms with van der Waals surface area (Å²) in [6.45, 7) is 0. The summed E-state index contributed by atoms with van der Waals surface area (Å²) in [4.78, 5) is 0. The van der Waals surface area contributed by atoms with Crippen molar-refractivity contribution in [3.63, 3.8) is 0 Å². The summed E-state index contributed by atoms with van der Waals surface area (Å²) in [6, 6.07) is 27.6. The van der Waals surface area contributed by atoms with Gasteiger partial charge >= 0.3 is 0 Å². The smallest absolute Gasteiger partial charge is 0.0238 e. The van der Waals surface area contributed by atoms with E-state index in [1.54, 1.807) is 0 Å². The standard InChI is InChI=1S/C24H24/c1-2-20-4-3-19(1)13-14-21-5-7-23(8-6-21)17-18-24-11-9-22(10-12-24)16-15-20/h1-12H,13-18H2. The number of hydrogen-bond acceptors (Lipinski definition) is 0. The average Bonchev–Trinajstić information content (AvgIpc) is 2.65. The van der Waals surface area contributed by atoms with Crippen molar-refractivity contribution in [1.82, 2.24) is 0 Å². The van der Waals surface area contributed by atoms with Crippen LogP contribution in [0.4, 0.5) is 0 Å². The van der Waals surface area contributed by atoms with E-state index < -0.39 is 0 Å². The van der Waals surface area contributed by atoms with Crippen LogP contribution in [-0.4, -0.2) is 0 Å². The van der Waals surface area contributed by atoms with E-state index in [-0.39, 0.29) is 0 Å². The van der Waals surface area contributed by atoms with Gasteiger partial charge in [-0.25, -0.2) is 0 Å². The zero-order valence-corrected chi connectivity index (χ0v) is 14.2. The van der Waals surface area contributed by atoms with E-state index in [2.05, 4.69) is 72.8 Å². The molecule has 0 heterocycles. The van der Waals surface area contributed by atoms with Crippen LogP contribution in [0.3, 0.4) is 0 Å². The van der Waals surface area contributed by atoms with Gasteiger partial charge in [0.05, 0.1) is 0 Å². The molecule has 6 bridgehead atoms. The van der Waals surface area contributed by atoms with Gasteiger partial charge in [-0.05, 0) is 71.9 Å². The highest BCUT2D eigenvalue weighted by molar-refractivity contribution is 5.29. The Morgan fingerprint density at radius 2 is 0.375 bits per heavy atom. The van der Waals surface area contributed by atoms with Crippen molar-refractivity contribution >= 4 is 0 Å². The van der Waals surface area contributed by atoms with Crippen molar-refractivity contribution in [2.75, 3.05) is 0 Å². The predicted molar refractivity (Wildman–Crippen MR) is 102 cm³/mol. The number of hydrogen-bond donors (Lipinski definition) is 0. The van der Waals surface area contributed by atoms with E-state index in [0.717, 1.165) is 38.5 Å². The molecule has 0 nitrogen and oxygen atoms in total. The molecule has 0 saturated heterocycles. The fraction of sp³-hybridized carbons (Fsp3) is 0.250. The van der Waals surface area contributed by atoms with Crippen LogP contribution in [0.1, 0.15) is 33.4 Å². The lowest BCUT2D eigenvalue weighted by molar-refractivity contribution is 0.921. The zero-order valence-electron chi connectivity index (χ0n) is 14.2. The van der Waals surface area contributed by atoms with Gasteiger partial charge in [-0.15, -0.1) is 0 Å². The summed E-state index contributed by atoms with van der Waals surface area (Å²) in [7, 11) is 0. The lowest BCUT2D eigenvalue weighted by Crippen LogP contribution is -1.97. The monoisotopic (exact) mass is 312 g/mol. The first-order valence-electron chi connectivity index (χ1n) is 9.09. The van der Waals surface area contributed by atoms with Crippen molar-refractivity contribution in [1.29, 1.82) is 0 Å². The molecular weight excluding hydrogens is 288 g/mol. The highest BCUT2D eigenvalue weighted by Gasteiger charge is 2.02. The molecule has 3 aromatic rings. The highest BCUT2D eigenvalue weighted by atomic mass is 14.1. The minimum absolute atomic E-state index is 1.13. The van der Waals surface area contributed by atoms with Crippen molar-refractivity contribution in [3.8, 4) is 0 Å². The van der Waals surface area contributed by atoms with Crippen LogP contribution in [0.25, 0.3) is 0 Å². The molecule has 3 aromatic carbocycles. The largest absolute Gasteiger partial charge is 0.0588 e. The van der Waals surface area contributed by atoms with Crippen LogP contribution in [0.15, 0.2) is 72.8 Å². The molecule has 9 rings (SSSR count). The van der Waals surface area contributed by atoms with Crippen LogP contribution >= 0.6 is 0 Å². The van der Waals surface area contributed by atoms with E-state index in [1.807, 2.05) is 0 Å². The van der Waals surface area contributed by atoms with Gasteiger partial charge in [0, 0.05) is 0 Å². The van der Waals surface area contributed by atoms with Crippen molar-refractivity contribution in [2.45, 2.75) is 38.5 Å². The quantitative estimate of drug-likeness (QED) is 0.524. The molecule has 6 aliphatic carbocycles. The lowest BCUT2D eigenvalue weighted by Gasteiger charge is -2.09. The Labute approximate surface area is 145 Å². The minimum Gasteiger partial charge on any atom is -0.0588 e. The van der Waals surface area contributed by atoms with Gasteiger partial charge < -0.3 is 0 Å². The second kappa shape index (κ2) is 7.05. The lowest BCUT2D eigenvalue weighted by atomic mass is 9.97. The van der Waals surface area contributed by atoms with Gasteiger partial charge in [0.25, 0.3) is 0 Å². The molecule has 0 atom stereocenters. The normalized spacial score (nSPS) is 14.5. The molecule has 0 saturated carbocycles. The van der Waals surface area contributed by atoms with E-state index in [0.29, 0.717) is 0 Å². The second-order valence-electron chi connectivity index (χ2n) is 6.95. The first-order chi connectivity index (χ1) is 11.8. The third kappa shape index (κ3) is 3.76. The van der Waals surface area contributed by atoms with Gasteiger partial charge in [-0.1, -0.05) is 72.8 Å². The topological polar surface area (TPSA) is 0 Å². The molecule has 0 unspecified atom stereocenters. The Bertz CT molecular complexity index is 595. The van der Waals surface area contributed by atoms with E-state index in [9.17, 15) is 0 Å². The minimum atomic E-state index is 1.13. The summed E-state index contributed by atoms with van der Waals surface area (Å²) < 4.78 is 0. The number of benzene rings is 3. The Morgan fingerprint density at radius 1 is 0.250 bits per heavy atom. The van der Waals surface area contributed by atoms with E-state index in [1.165, 1.54) is 33.4 Å². The van der Waals surface area contributed by atoms with Crippen molar-refractivity contribution in [3.05, 3.63) is 106 Å². The maximum Gasteiger partial charge on any atom is -0.0238 e. The molecule has 0 aromatic heterocycles. The molecular formula is C24H24. The van der Waals surface area contributed by atoms with Crippen LogP contribution in [0.2, 0.25) is 0 Å². The van der Waals surface area contributed by atoms with Gasteiger partial charge in [0.2, 0.25) is 0 Å². The SMILES string of the molecule is c1cc2ccc1CCc1ccc(cc1)CCc1ccc(cc1)CC2. The zero-order chi connectivity index (χ0) is 16.2. The first kappa shape index (κ1) is 15.2. The molecule has 24 heavy (non-hydrogen) atoms. The first-order valence-corrected chi connectivity index (χ1v) is 9.09. The molecule has 0 fully saturated rings. The molecule has 0 N–H and O–H groups in total. The molecule has 120 valence electrons. The third-order valence-electron chi connectivity index (χ3n) is 5.18. The fourth-order valence-electron chi connectivity index (χ4n) is 3.48. The Kier molecular flexibility index (Phi) is 4.46. The Hall–Kier alpha value is -2.34. The fourth-order valence-corrected chi connectivity index (χ4v) is 3.48. The summed E-state index contributed by atoms with van der Waals surface area (Å²) in [6.07, 6.45) is 6.75. The highest BCUT2D eigenvalue weighted by Crippen LogP contribution is 2.15. The van der Waals surface area contributed by atoms with Crippen molar-refractivity contribution < 1.29 is 0 Å². The molecule has 0 amide bonds. The third-order valence-corrected chi connectivity index (χ3v) is 5.18. The molecule has 6 aliphatic rings. The van der Waals surface area contributed by atoms with Crippen LogP contribution < -0.4 is 0 Å². The predicted octanol–water partition coefficient (Wildman–Crippen LogP) is 5.36. The van der Waals surface area contributed by atoms with Gasteiger partial charge in [-0.3, -0.25) is 0 Å². The summed E-state index contributed by atoms with van der Waals surface area (Å²) in [5.74, 6) is 0. The number of rotatable bonds is 0. The van der Waals surface area contributed by atoms with Crippen LogP contribution in [0, 0.1) is 0 Å². The second-order valence-corrected chi connectivity index (χ2v) is 6.95. The van der Waals surface area contributed by atoms with E-state index in [4.69, 9.17) is 0 Å². The van der Waals surface area contributed by atoms with Crippen LogP contribution in [0.5, 0.6) is 0 Å². The van der Waals surface area contributed by atoms with Gasteiger partial charge in [0.15, 0.2) is 0 Å². The van der Waals surface area contributed by atoms with E-state index >= 15 is 0 Å². The molecule has 0 aliphatic heterocycles. The Balaban J connectivity index is 1.62. The van der Waals surface area contributed by atoms with Gasteiger partial charge in [0.1, 0.15) is 0 Å². The molecule has 0 heteroatoms. The van der Waals surface area contributed by atoms with Crippen molar-refractivity contribution in [2.24, 2.45) is 0 Å². The summed E-state index contributed by atoms with van der Waals surface area (Å²) >= 11 is 0. The average molecular weight is 312 g/mol. The maximum atomic E-state index is 2.30. The van der Waals surface area contributed by atoms with Crippen LogP contribution in [-0.2, 0) is 38.5 Å². The Morgan fingerprint density at radius 3 is 0.500 bits per heavy atom.